The number of aliphatic hydroxyl groups excluding tert-OH is 1. The van der Waals surface area contributed by atoms with Crippen molar-refractivity contribution in [3.8, 4) is 0 Å². The molecule has 51 heavy (non-hydrogen) atoms. The first-order valence-corrected chi connectivity index (χ1v) is 22.3. The van der Waals surface area contributed by atoms with Gasteiger partial charge in [0.25, 0.3) is 0 Å². The molecule has 0 spiro atoms. The summed E-state index contributed by atoms with van der Waals surface area (Å²) < 4.78 is 22.1. The second-order valence-electron chi connectivity index (χ2n) is 13.8. The van der Waals surface area contributed by atoms with Gasteiger partial charge in [0, 0.05) is 13.0 Å². The van der Waals surface area contributed by atoms with Gasteiger partial charge in [0.1, 0.15) is 0 Å². The minimum absolute atomic E-state index is 0.0739. The van der Waals surface area contributed by atoms with Gasteiger partial charge in [-0.25, -0.2) is 4.57 Å². The van der Waals surface area contributed by atoms with Crippen LogP contribution in [0.2, 0.25) is 0 Å². The van der Waals surface area contributed by atoms with Crippen molar-refractivity contribution in [2.75, 3.05) is 19.8 Å². The van der Waals surface area contributed by atoms with E-state index in [1.807, 2.05) is 6.08 Å². The lowest BCUT2D eigenvalue weighted by Crippen LogP contribution is -2.45. The number of carbonyl (C=O) groups excluding carboxylic acids is 1. The first-order valence-electron chi connectivity index (χ1n) is 20.8. The Balaban J connectivity index is 4.29. The number of phosphoric ester groups is 1. The van der Waals surface area contributed by atoms with Crippen LogP contribution in [0.3, 0.4) is 0 Å². The number of allylic oxidation sites excluding steroid dienone is 7. The molecule has 0 heterocycles. The van der Waals surface area contributed by atoms with Crippen LogP contribution in [0.15, 0.2) is 48.6 Å². The van der Waals surface area contributed by atoms with E-state index in [0.29, 0.717) is 6.42 Å². The van der Waals surface area contributed by atoms with Crippen molar-refractivity contribution < 1.29 is 28.4 Å². The van der Waals surface area contributed by atoms with Crippen molar-refractivity contribution in [1.29, 1.82) is 0 Å². The molecular weight excluding hydrogens is 659 g/mol. The van der Waals surface area contributed by atoms with E-state index in [1.54, 1.807) is 6.08 Å². The maximum Gasteiger partial charge on any atom is 0.472 e. The van der Waals surface area contributed by atoms with Crippen LogP contribution in [-0.2, 0) is 18.4 Å². The third-order valence-electron chi connectivity index (χ3n) is 8.91. The van der Waals surface area contributed by atoms with E-state index in [9.17, 15) is 19.4 Å². The van der Waals surface area contributed by atoms with Crippen LogP contribution in [0, 0.1) is 0 Å². The van der Waals surface area contributed by atoms with Gasteiger partial charge in [0.05, 0.1) is 25.4 Å². The topological polar surface area (TPSA) is 131 Å². The molecule has 0 aliphatic carbocycles. The van der Waals surface area contributed by atoms with Crippen LogP contribution in [0.5, 0.6) is 0 Å². The number of phosphoric acid groups is 1. The Morgan fingerprint density at radius 2 is 1.14 bits per heavy atom. The highest BCUT2D eigenvalue weighted by molar-refractivity contribution is 7.47. The lowest BCUT2D eigenvalue weighted by atomic mass is 10.0. The van der Waals surface area contributed by atoms with E-state index in [0.717, 1.165) is 77.0 Å². The van der Waals surface area contributed by atoms with Gasteiger partial charge >= 0.3 is 7.82 Å². The van der Waals surface area contributed by atoms with Gasteiger partial charge in [-0.05, 0) is 51.4 Å². The zero-order valence-corrected chi connectivity index (χ0v) is 33.7. The number of unbranched alkanes of at least 4 members (excludes halogenated alkanes) is 20. The number of nitrogens with one attached hydrogen (secondary N) is 1. The van der Waals surface area contributed by atoms with E-state index in [2.05, 4.69) is 55.6 Å². The zero-order chi connectivity index (χ0) is 37.5. The summed E-state index contributed by atoms with van der Waals surface area (Å²) in [6, 6.07) is -0.869. The van der Waals surface area contributed by atoms with Crippen LogP contribution in [0.4, 0.5) is 0 Å². The molecule has 0 aliphatic rings. The normalized spacial score (nSPS) is 14.7. The van der Waals surface area contributed by atoms with E-state index in [1.165, 1.54) is 83.5 Å². The third kappa shape index (κ3) is 36.6. The van der Waals surface area contributed by atoms with Gasteiger partial charge in [0.2, 0.25) is 5.91 Å². The van der Waals surface area contributed by atoms with Crippen molar-refractivity contribution in [1.82, 2.24) is 5.32 Å². The molecular formula is C42H79N2O6P. The summed E-state index contributed by atoms with van der Waals surface area (Å²) >= 11 is 0. The highest BCUT2D eigenvalue weighted by atomic mass is 31.2. The fraction of sp³-hybridized carbons (Fsp3) is 0.786. The largest absolute Gasteiger partial charge is 0.472 e. The van der Waals surface area contributed by atoms with Gasteiger partial charge in [0.15, 0.2) is 0 Å². The number of nitrogens with two attached hydrogens (primary N) is 1. The summed E-state index contributed by atoms with van der Waals surface area (Å²) in [4.78, 5) is 22.7. The molecule has 0 bridgehead atoms. The van der Waals surface area contributed by atoms with Gasteiger partial charge in [-0.3, -0.25) is 13.8 Å². The maximum atomic E-state index is 12.7. The molecule has 0 aliphatic heterocycles. The molecule has 0 aromatic carbocycles. The predicted molar refractivity (Wildman–Crippen MR) is 217 cm³/mol. The van der Waals surface area contributed by atoms with Crippen molar-refractivity contribution >= 4 is 13.7 Å². The number of amides is 1. The molecule has 1 amide bonds. The summed E-state index contributed by atoms with van der Waals surface area (Å²) in [6.45, 7) is 4.00. The average Bonchev–Trinajstić information content (AvgIpc) is 3.12. The number of rotatable bonds is 38. The molecule has 0 saturated heterocycles. The molecule has 0 aromatic rings. The molecule has 5 N–H and O–H groups in total. The van der Waals surface area contributed by atoms with Crippen molar-refractivity contribution in [3.63, 3.8) is 0 Å². The first-order chi connectivity index (χ1) is 24.9. The summed E-state index contributed by atoms with van der Waals surface area (Å²) in [6.07, 6.45) is 45.8. The van der Waals surface area contributed by atoms with E-state index in [-0.39, 0.29) is 25.7 Å². The van der Waals surface area contributed by atoms with Crippen LogP contribution in [-0.4, -0.2) is 47.8 Å². The summed E-state index contributed by atoms with van der Waals surface area (Å²) in [5.41, 5.74) is 5.36. The standard InChI is InChI=1S/C42H79N2O6P/c1-3-5-7-9-11-13-15-17-19-20-22-23-25-27-29-31-33-35-41(45)40(39-50-51(47,48)49-38-37-43)44-42(46)36-34-32-30-28-26-24-21-18-16-14-12-10-8-6-4-2/h6,8,12,14,18,21,33,35,40-41,45H,3-5,7,9-11,13,15-17,19-20,22-32,34,36-39,43H2,1-2H3,(H,44,46)(H,47,48)/b8-6-,14-12-,21-18-,35-33+. The van der Waals surface area contributed by atoms with Gasteiger partial charge in [-0.2, -0.15) is 0 Å². The minimum atomic E-state index is -4.34. The quantitative estimate of drug-likeness (QED) is 0.0282. The maximum absolute atomic E-state index is 12.7. The molecule has 3 unspecified atom stereocenters. The summed E-state index contributed by atoms with van der Waals surface area (Å²) in [5.74, 6) is -0.213. The Bertz CT molecular complexity index is 938. The second-order valence-corrected chi connectivity index (χ2v) is 15.3. The molecule has 0 rings (SSSR count). The smallest absolute Gasteiger partial charge is 0.387 e. The molecule has 3 atom stereocenters. The first kappa shape index (κ1) is 49.5. The fourth-order valence-electron chi connectivity index (χ4n) is 5.79. The van der Waals surface area contributed by atoms with Gasteiger partial charge in [-0.15, -0.1) is 0 Å². The second kappa shape index (κ2) is 38.2. The molecule has 9 heteroatoms. The van der Waals surface area contributed by atoms with Gasteiger partial charge in [-0.1, -0.05) is 172 Å². The lowest BCUT2D eigenvalue weighted by molar-refractivity contribution is -0.123. The fourth-order valence-corrected chi connectivity index (χ4v) is 6.55. The Hall–Kier alpha value is -1.54. The van der Waals surface area contributed by atoms with Crippen LogP contribution in [0.25, 0.3) is 0 Å². The molecule has 0 radical (unpaired) electrons. The van der Waals surface area contributed by atoms with Crippen molar-refractivity contribution in [2.24, 2.45) is 5.73 Å². The Morgan fingerprint density at radius 1 is 0.667 bits per heavy atom. The summed E-state index contributed by atoms with van der Waals surface area (Å²) in [5, 5.41) is 13.6. The van der Waals surface area contributed by atoms with Crippen LogP contribution < -0.4 is 11.1 Å². The predicted octanol–water partition coefficient (Wildman–Crippen LogP) is 11.3. The Labute approximate surface area is 313 Å². The SMILES string of the molecule is CC/C=C\C/C=C\C/C=C\CCCCCCCC(=O)NC(COP(=O)(O)OCCN)C(O)/C=C/CCCCCCCCCCCCCCCCC. The molecule has 0 aromatic heterocycles. The molecule has 0 saturated carbocycles. The number of hydrogen-bond acceptors (Lipinski definition) is 6. The Morgan fingerprint density at radius 3 is 1.67 bits per heavy atom. The number of aliphatic hydroxyl groups is 1. The highest BCUT2D eigenvalue weighted by Gasteiger charge is 2.26. The molecule has 0 fully saturated rings. The Kier molecular flexibility index (Phi) is 37.0. The molecule has 8 nitrogen and oxygen atoms in total. The number of carbonyl (C=O) groups is 1. The van der Waals surface area contributed by atoms with Crippen LogP contribution >= 0.6 is 7.82 Å². The monoisotopic (exact) mass is 739 g/mol. The molecule has 298 valence electrons. The van der Waals surface area contributed by atoms with Crippen molar-refractivity contribution in [2.45, 2.75) is 193 Å². The zero-order valence-electron chi connectivity index (χ0n) is 32.8. The highest BCUT2D eigenvalue weighted by Crippen LogP contribution is 2.43. The minimum Gasteiger partial charge on any atom is -0.387 e. The lowest BCUT2D eigenvalue weighted by Gasteiger charge is -2.23. The van der Waals surface area contributed by atoms with E-state index >= 15 is 0 Å². The average molecular weight is 739 g/mol. The van der Waals surface area contributed by atoms with E-state index < -0.39 is 20.0 Å². The van der Waals surface area contributed by atoms with Crippen molar-refractivity contribution in [3.05, 3.63) is 48.6 Å². The summed E-state index contributed by atoms with van der Waals surface area (Å²) in [7, 11) is -4.34. The van der Waals surface area contributed by atoms with Crippen LogP contribution in [0.1, 0.15) is 181 Å². The third-order valence-corrected chi connectivity index (χ3v) is 9.89. The van der Waals surface area contributed by atoms with E-state index in [4.69, 9.17) is 14.8 Å². The van der Waals surface area contributed by atoms with Gasteiger partial charge < -0.3 is 21.1 Å². The number of hydrogen-bond donors (Lipinski definition) is 4.